The number of allylic oxidation sites excluding steroid dienone is 1. The molecule has 1 saturated heterocycles. The first-order valence-corrected chi connectivity index (χ1v) is 16.2. The lowest BCUT2D eigenvalue weighted by Crippen LogP contribution is -2.74. The van der Waals surface area contributed by atoms with Gasteiger partial charge in [-0.2, -0.15) is 0 Å². The molecule has 4 aliphatic carbocycles. The van der Waals surface area contributed by atoms with Gasteiger partial charge in [-0.1, -0.05) is 69.7 Å². The first-order valence-electron chi connectivity index (χ1n) is 16.2. The smallest absolute Gasteiger partial charge is 0.331 e. The van der Waals surface area contributed by atoms with Crippen LogP contribution in [0.4, 0.5) is 0 Å². The van der Waals surface area contributed by atoms with Gasteiger partial charge in [-0.3, -0.25) is 4.79 Å². The van der Waals surface area contributed by atoms with Gasteiger partial charge in [-0.25, -0.2) is 4.79 Å². The summed E-state index contributed by atoms with van der Waals surface area (Å²) in [6.07, 6.45) is 6.85. The number of carbonyl (C=O) groups is 2. The molecule has 0 spiro atoms. The molecule has 2 N–H and O–H groups in total. The van der Waals surface area contributed by atoms with Crippen LogP contribution in [0.3, 0.4) is 0 Å². The minimum atomic E-state index is -0.881. The van der Waals surface area contributed by atoms with Crippen molar-refractivity contribution in [1.82, 2.24) is 0 Å². The van der Waals surface area contributed by atoms with Crippen molar-refractivity contribution in [1.29, 1.82) is 0 Å². The van der Waals surface area contributed by atoms with Crippen LogP contribution in [0.5, 0.6) is 0 Å². The molecular formula is C37H44O8. The number of fused-ring (bicyclic) bond motifs is 4. The van der Waals surface area contributed by atoms with E-state index in [0.29, 0.717) is 19.4 Å². The van der Waals surface area contributed by atoms with E-state index < -0.39 is 58.1 Å². The van der Waals surface area contributed by atoms with Crippen molar-refractivity contribution >= 4 is 18.0 Å². The van der Waals surface area contributed by atoms with Crippen molar-refractivity contribution in [3.8, 4) is 0 Å². The number of benzene rings is 1. The number of aliphatic hydroxyl groups is 2. The molecule has 0 amide bonds. The average molecular weight is 617 g/mol. The first kappa shape index (κ1) is 30.5. The SMILES string of the molecule is CC(=O)O[C@H]1C[C@H]2[C@@](C)(C3=CC[C@H](c4ccoc4)[C@@]31C)[C@H](O)[C@@H]1OC[C@]3(C)[C@H](O)C[C@H](OC(=O)/C=C/c4ccccc4)[C@@]2(C)[C@@H]13. The zero-order valence-electron chi connectivity index (χ0n) is 26.6. The minimum absolute atomic E-state index is 0.00852. The topological polar surface area (TPSA) is 115 Å². The van der Waals surface area contributed by atoms with Gasteiger partial charge in [0, 0.05) is 52.9 Å². The van der Waals surface area contributed by atoms with Gasteiger partial charge >= 0.3 is 11.9 Å². The van der Waals surface area contributed by atoms with Crippen LogP contribution in [0, 0.1) is 33.5 Å². The molecule has 2 aromatic rings. The van der Waals surface area contributed by atoms with Crippen LogP contribution in [-0.2, 0) is 23.8 Å². The van der Waals surface area contributed by atoms with Crippen LogP contribution in [0.1, 0.15) is 70.9 Å². The van der Waals surface area contributed by atoms with E-state index in [1.165, 1.54) is 13.0 Å². The van der Waals surface area contributed by atoms with E-state index in [1.54, 1.807) is 18.6 Å². The van der Waals surface area contributed by atoms with Crippen LogP contribution in [0.2, 0.25) is 0 Å². The first-order chi connectivity index (χ1) is 21.4. The van der Waals surface area contributed by atoms with E-state index in [9.17, 15) is 19.8 Å². The lowest BCUT2D eigenvalue weighted by molar-refractivity contribution is -0.268. The monoisotopic (exact) mass is 616 g/mol. The van der Waals surface area contributed by atoms with Gasteiger partial charge in [-0.05, 0) is 42.0 Å². The van der Waals surface area contributed by atoms with Crippen molar-refractivity contribution < 1.29 is 38.4 Å². The molecule has 3 saturated carbocycles. The molecule has 0 radical (unpaired) electrons. The van der Waals surface area contributed by atoms with Crippen molar-refractivity contribution in [3.05, 3.63) is 77.8 Å². The highest BCUT2D eigenvalue weighted by Crippen LogP contribution is 2.75. The number of hydrogen-bond acceptors (Lipinski definition) is 8. The van der Waals surface area contributed by atoms with Crippen LogP contribution >= 0.6 is 0 Å². The molecule has 8 heteroatoms. The number of aliphatic hydroxyl groups excluding tert-OH is 2. The second-order valence-electron chi connectivity index (χ2n) is 14.9. The summed E-state index contributed by atoms with van der Waals surface area (Å²) in [5, 5.41) is 24.0. The minimum Gasteiger partial charge on any atom is -0.472 e. The number of furan rings is 1. The molecule has 1 aromatic carbocycles. The van der Waals surface area contributed by atoms with Gasteiger partial charge in [0.1, 0.15) is 12.2 Å². The summed E-state index contributed by atoms with van der Waals surface area (Å²) in [5.41, 5.74) is 0.210. The third kappa shape index (κ3) is 4.14. The summed E-state index contributed by atoms with van der Waals surface area (Å²) in [4.78, 5) is 26.1. The molecule has 1 aliphatic heterocycles. The van der Waals surface area contributed by atoms with E-state index in [1.807, 2.05) is 43.3 Å². The molecule has 1 aromatic heterocycles. The highest BCUT2D eigenvalue weighted by atomic mass is 16.6. The maximum absolute atomic E-state index is 13.4. The molecule has 240 valence electrons. The van der Waals surface area contributed by atoms with Gasteiger partial charge in [0.25, 0.3) is 0 Å². The van der Waals surface area contributed by atoms with Gasteiger partial charge in [-0.15, -0.1) is 0 Å². The molecular weight excluding hydrogens is 572 g/mol. The molecule has 8 nitrogen and oxygen atoms in total. The molecule has 2 heterocycles. The Morgan fingerprint density at radius 1 is 0.978 bits per heavy atom. The van der Waals surface area contributed by atoms with Crippen LogP contribution in [-0.4, -0.2) is 59.3 Å². The Labute approximate surface area is 264 Å². The lowest BCUT2D eigenvalue weighted by Gasteiger charge is -2.69. The van der Waals surface area contributed by atoms with Gasteiger partial charge in [0.05, 0.1) is 37.4 Å². The molecule has 5 aliphatic rings. The van der Waals surface area contributed by atoms with Crippen molar-refractivity contribution in [2.24, 2.45) is 33.5 Å². The Morgan fingerprint density at radius 3 is 2.42 bits per heavy atom. The lowest BCUT2D eigenvalue weighted by atomic mass is 9.36. The summed E-state index contributed by atoms with van der Waals surface area (Å²) < 4.78 is 24.5. The number of rotatable bonds is 5. The summed E-state index contributed by atoms with van der Waals surface area (Å²) in [6, 6.07) is 11.5. The summed E-state index contributed by atoms with van der Waals surface area (Å²) in [6.45, 7) is 10.2. The average Bonchev–Trinajstić information content (AvgIpc) is 3.74. The van der Waals surface area contributed by atoms with E-state index in [0.717, 1.165) is 16.7 Å². The number of ether oxygens (including phenoxy) is 3. The van der Waals surface area contributed by atoms with Gasteiger partial charge < -0.3 is 28.8 Å². The number of esters is 2. The molecule has 45 heavy (non-hydrogen) atoms. The Hall–Kier alpha value is -3.20. The second-order valence-corrected chi connectivity index (χ2v) is 14.9. The maximum atomic E-state index is 13.4. The zero-order chi connectivity index (χ0) is 31.9. The maximum Gasteiger partial charge on any atom is 0.331 e. The zero-order valence-corrected chi connectivity index (χ0v) is 26.6. The summed E-state index contributed by atoms with van der Waals surface area (Å²) in [7, 11) is 0. The fourth-order valence-electron chi connectivity index (χ4n) is 10.8. The van der Waals surface area contributed by atoms with Crippen LogP contribution in [0.15, 0.2) is 71.1 Å². The molecule has 4 fully saturated rings. The standard InChI is InChI=1S/C37H44O8/c1-21(38)44-28-17-26-36(4,25-13-12-24(35(25,28)3)23-15-16-42-19-23)33(41)31-32-34(2,20-43-31)27(39)18-29(37(26,32)5)45-30(40)14-11-22-9-7-6-8-10-22/h6-11,13-16,19,24,26-29,31-33,39,41H,12,17-18,20H2,1-5H3/b14-11+/t24-,26+,27-,28+,29+,31-,32+,33-,34-,35+,36-,37+/m1/s1. The van der Waals surface area contributed by atoms with E-state index in [4.69, 9.17) is 18.6 Å². The van der Waals surface area contributed by atoms with E-state index >= 15 is 0 Å². The Kier molecular flexibility index (Phi) is 7.04. The molecule has 12 atom stereocenters. The van der Waals surface area contributed by atoms with Crippen molar-refractivity contribution in [3.63, 3.8) is 0 Å². The number of hydrogen-bond donors (Lipinski definition) is 2. The normalized spacial score (nSPS) is 44.9. The third-order valence-corrected chi connectivity index (χ3v) is 12.9. The summed E-state index contributed by atoms with van der Waals surface area (Å²) in [5.74, 6) is -1.40. The van der Waals surface area contributed by atoms with Crippen molar-refractivity contribution in [2.75, 3.05) is 6.61 Å². The Bertz CT molecular complexity index is 1530. The Balaban J connectivity index is 1.33. The predicted molar refractivity (Wildman–Crippen MR) is 165 cm³/mol. The highest BCUT2D eigenvalue weighted by molar-refractivity contribution is 5.87. The van der Waals surface area contributed by atoms with Gasteiger partial charge in [0.2, 0.25) is 0 Å². The van der Waals surface area contributed by atoms with Gasteiger partial charge in [0.15, 0.2) is 0 Å². The highest BCUT2D eigenvalue weighted by Gasteiger charge is 2.78. The predicted octanol–water partition coefficient (Wildman–Crippen LogP) is 5.45. The molecule has 0 bridgehead atoms. The second kappa shape index (κ2) is 10.4. The molecule has 7 rings (SSSR count). The quantitative estimate of drug-likeness (QED) is 0.259. The fourth-order valence-corrected chi connectivity index (χ4v) is 10.8. The van der Waals surface area contributed by atoms with Crippen LogP contribution in [0.25, 0.3) is 6.08 Å². The summed E-state index contributed by atoms with van der Waals surface area (Å²) >= 11 is 0. The number of carbonyl (C=O) groups excluding carboxylic acids is 2. The third-order valence-electron chi connectivity index (χ3n) is 12.9. The molecule has 0 unspecified atom stereocenters. The van der Waals surface area contributed by atoms with Crippen molar-refractivity contribution in [2.45, 2.75) is 90.3 Å². The van der Waals surface area contributed by atoms with E-state index in [2.05, 4.69) is 26.8 Å². The Morgan fingerprint density at radius 2 is 1.73 bits per heavy atom. The fraction of sp³-hybridized carbons (Fsp3) is 0.568. The van der Waals surface area contributed by atoms with E-state index in [-0.39, 0.29) is 30.1 Å². The van der Waals surface area contributed by atoms with Crippen LogP contribution < -0.4 is 0 Å². The largest absolute Gasteiger partial charge is 0.472 e.